The van der Waals surface area contributed by atoms with Crippen LogP contribution in [0.15, 0.2) is 45.8 Å². The maximum absolute atomic E-state index is 12.3. The molecule has 0 aliphatic carbocycles. The number of esters is 1. The number of carbonyl (C=O) groups is 2. The predicted octanol–water partition coefficient (Wildman–Crippen LogP) is 2.09. The largest absolute Gasteiger partial charge is 0.481 e. The molecule has 0 aliphatic heterocycles. The second kappa shape index (κ2) is 7.26. The summed E-state index contributed by atoms with van der Waals surface area (Å²) in [5, 5.41) is 9.09. The molecular formula is C16H14O7. The number of carbonyl (C=O) groups excluding carboxylic acids is 1. The normalized spacial score (nSPS) is 10.1. The Balaban J connectivity index is 2.38. The Morgan fingerprint density at radius 1 is 1.22 bits per heavy atom. The van der Waals surface area contributed by atoms with Gasteiger partial charge in [0.2, 0.25) is 11.2 Å². The maximum atomic E-state index is 12.3. The lowest BCUT2D eigenvalue weighted by Crippen LogP contribution is -2.21. The molecule has 2 rings (SSSR count). The molecule has 0 radical (unpaired) electrons. The van der Waals surface area contributed by atoms with E-state index in [4.69, 9.17) is 19.0 Å². The topological polar surface area (TPSA) is 103 Å². The average molecular weight is 318 g/mol. The van der Waals surface area contributed by atoms with Gasteiger partial charge >= 0.3 is 11.9 Å². The van der Waals surface area contributed by atoms with E-state index < -0.39 is 34.4 Å². The summed E-state index contributed by atoms with van der Waals surface area (Å²) in [5.41, 5.74) is -0.576. The summed E-state index contributed by atoms with van der Waals surface area (Å²) >= 11 is 0. The number of carboxylic acids is 1. The van der Waals surface area contributed by atoms with Crippen molar-refractivity contribution < 1.29 is 28.6 Å². The van der Waals surface area contributed by atoms with Gasteiger partial charge in [-0.1, -0.05) is 30.3 Å². The van der Waals surface area contributed by atoms with Crippen LogP contribution in [0.3, 0.4) is 0 Å². The highest BCUT2D eigenvalue weighted by Gasteiger charge is 2.24. The molecule has 7 nitrogen and oxygen atoms in total. The molecule has 0 aliphatic rings. The Kier molecular flexibility index (Phi) is 5.14. The molecular weight excluding hydrogens is 304 g/mol. The number of hydrogen-bond acceptors (Lipinski definition) is 6. The number of hydrogen-bond donors (Lipinski definition) is 1. The zero-order valence-corrected chi connectivity index (χ0v) is 12.3. The molecule has 1 N–H and O–H groups in total. The molecule has 0 bridgehead atoms. The number of carboxylic acid groups (broad SMARTS) is 1. The fourth-order valence-corrected chi connectivity index (χ4v) is 1.81. The lowest BCUT2D eigenvalue weighted by atomic mass is 10.2. The minimum absolute atomic E-state index is 0.0435. The molecule has 0 saturated heterocycles. The van der Waals surface area contributed by atoms with Gasteiger partial charge < -0.3 is 19.0 Å². The van der Waals surface area contributed by atoms with Crippen LogP contribution in [0.2, 0.25) is 0 Å². The van der Waals surface area contributed by atoms with Crippen molar-refractivity contribution in [3.63, 3.8) is 0 Å². The molecule has 7 heteroatoms. The van der Waals surface area contributed by atoms with Gasteiger partial charge in [0, 0.05) is 0 Å². The first kappa shape index (κ1) is 16.3. The van der Waals surface area contributed by atoms with Crippen LogP contribution < -0.4 is 10.2 Å². The third-order valence-electron chi connectivity index (χ3n) is 2.87. The van der Waals surface area contributed by atoms with Crippen LogP contribution in [0, 0.1) is 0 Å². The van der Waals surface area contributed by atoms with E-state index >= 15 is 0 Å². The van der Waals surface area contributed by atoms with Crippen LogP contribution in [-0.4, -0.2) is 23.7 Å². The number of benzene rings is 1. The molecule has 0 fully saturated rings. The van der Waals surface area contributed by atoms with E-state index in [1.165, 1.54) is 0 Å². The minimum Gasteiger partial charge on any atom is -0.481 e. The van der Waals surface area contributed by atoms with E-state index in [0.29, 0.717) is 0 Å². The van der Waals surface area contributed by atoms with Crippen molar-refractivity contribution >= 4 is 11.9 Å². The molecule has 1 aromatic heterocycles. The molecule has 0 spiro atoms. The van der Waals surface area contributed by atoms with Crippen molar-refractivity contribution in [2.45, 2.75) is 13.5 Å². The van der Waals surface area contributed by atoms with E-state index in [-0.39, 0.29) is 13.2 Å². The summed E-state index contributed by atoms with van der Waals surface area (Å²) in [6.07, 6.45) is 0.763. The molecule has 1 aromatic carbocycles. The fourth-order valence-electron chi connectivity index (χ4n) is 1.81. The van der Waals surface area contributed by atoms with Crippen molar-refractivity contribution in [3.05, 3.63) is 63.7 Å². The van der Waals surface area contributed by atoms with E-state index in [2.05, 4.69) is 0 Å². The minimum atomic E-state index is -1.47. The lowest BCUT2D eigenvalue weighted by molar-refractivity contribution is 0.0515. The van der Waals surface area contributed by atoms with Crippen LogP contribution in [0.1, 0.15) is 33.4 Å². The molecule has 0 amide bonds. The van der Waals surface area contributed by atoms with Crippen molar-refractivity contribution in [1.82, 2.24) is 0 Å². The van der Waals surface area contributed by atoms with Gasteiger partial charge in [-0.25, -0.2) is 9.59 Å². The van der Waals surface area contributed by atoms with Crippen molar-refractivity contribution in [2.75, 3.05) is 6.61 Å². The first-order valence-electron chi connectivity index (χ1n) is 6.77. The molecule has 1 heterocycles. The standard InChI is InChI=1S/C16H14O7/c1-2-21-16(20)11-9-23-14(15(18)19)13(12(11)17)22-8-10-6-4-3-5-7-10/h3-7,9H,2,8H2,1H3,(H,18,19). The Bertz CT molecular complexity index is 762. The molecule has 0 saturated carbocycles. The highest BCUT2D eigenvalue weighted by atomic mass is 16.5. The van der Waals surface area contributed by atoms with Gasteiger partial charge in [-0.2, -0.15) is 0 Å². The third kappa shape index (κ3) is 3.76. The van der Waals surface area contributed by atoms with Crippen molar-refractivity contribution in [3.8, 4) is 5.75 Å². The Hall–Kier alpha value is -3.09. The van der Waals surface area contributed by atoms with E-state index in [1.54, 1.807) is 31.2 Å². The van der Waals surface area contributed by atoms with Crippen LogP contribution in [-0.2, 0) is 11.3 Å². The quantitative estimate of drug-likeness (QED) is 0.813. The van der Waals surface area contributed by atoms with Gasteiger partial charge in [-0.05, 0) is 12.5 Å². The smallest absolute Gasteiger partial charge is 0.375 e. The van der Waals surface area contributed by atoms with Gasteiger partial charge in [0.05, 0.1) is 6.61 Å². The fraction of sp³-hybridized carbons (Fsp3) is 0.188. The zero-order chi connectivity index (χ0) is 16.8. The van der Waals surface area contributed by atoms with Gasteiger partial charge in [-0.3, -0.25) is 4.79 Å². The average Bonchev–Trinajstić information content (AvgIpc) is 2.54. The second-order valence-corrected chi connectivity index (χ2v) is 4.44. The molecule has 23 heavy (non-hydrogen) atoms. The predicted molar refractivity (Wildman–Crippen MR) is 78.7 cm³/mol. The van der Waals surface area contributed by atoms with Gasteiger partial charge in [0.1, 0.15) is 18.4 Å². The van der Waals surface area contributed by atoms with Crippen LogP contribution >= 0.6 is 0 Å². The maximum Gasteiger partial charge on any atom is 0.375 e. The Morgan fingerprint density at radius 3 is 2.52 bits per heavy atom. The van der Waals surface area contributed by atoms with Crippen LogP contribution in [0.25, 0.3) is 0 Å². The molecule has 0 unspecified atom stereocenters. The lowest BCUT2D eigenvalue weighted by Gasteiger charge is -2.09. The van der Waals surface area contributed by atoms with Crippen LogP contribution in [0.5, 0.6) is 5.75 Å². The van der Waals surface area contributed by atoms with Gasteiger partial charge in [0.25, 0.3) is 5.76 Å². The molecule has 2 aromatic rings. The number of aromatic carboxylic acids is 1. The highest BCUT2D eigenvalue weighted by molar-refractivity contribution is 5.92. The first-order valence-corrected chi connectivity index (χ1v) is 6.77. The Labute approximate surface area is 131 Å². The van der Waals surface area contributed by atoms with Crippen LogP contribution in [0.4, 0.5) is 0 Å². The van der Waals surface area contributed by atoms with E-state index in [9.17, 15) is 14.4 Å². The first-order chi connectivity index (χ1) is 11.0. The summed E-state index contributed by atoms with van der Waals surface area (Å²) in [6, 6.07) is 8.85. The number of rotatable bonds is 6. The summed E-state index contributed by atoms with van der Waals surface area (Å²) in [4.78, 5) is 35.1. The van der Waals surface area contributed by atoms with Gasteiger partial charge in [0.15, 0.2) is 0 Å². The summed E-state index contributed by atoms with van der Waals surface area (Å²) in [7, 11) is 0. The third-order valence-corrected chi connectivity index (χ3v) is 2.87. The highest BCUT2D eigenvalue weighted by Crippen LogP contribution is 2.17. The zero-order valence-electron chi connectivity index (χ0n) is 12.3. The van der Waals surface area contributed by atoms with E-state index in [0.717, 1.165) is 11.8 Å². The molecule has 120 valence electrons. The Morgan fingerprint density at radius 2 is 1.91 bits per heavy atom. The van der Waals surface area contributed by atoms with Crippen molar-refractivity contribution in [1.29, 1.82) is 0 Å². The van der Waals surface area contributed by atoms with Gasteiger partial charge in [-0.15, -0.1) is 0 Å². The van der Waals surface area contributed by atoms with E-state index in [1.807, 2.05) is 6.07 Å². The summed E-state index contributed by atoms with van der Waals surface area (Å²) in [5.74, 6) is -3.57. The monoisotopic (exact) mass is 318 g/mol. The summed E-state index contributed by atoms with van der Waals surface area (Å²) < 4.78 is 14.9. The summed E-state index contributed by atoms with van der Waals surface area (Å²) in [6.45, 7) is 1.61. The number of ether oxygens (including phenoxy) is 2. The van der Waals surface area contributed by atoms with Crippen molar-refractivity contribution in [2.24, 2.45) is 0 Å². The SMILES string of the molecule is CCOC(=O)c1coc(C(=O)O)c(OCc2ccccc2)c1=O. The second-order valence-electron chi connectivity index (χ2n) is 4.44. The molecule has 0 atom stereocenters.